The van der Waals surface area contributed by atoms with Crippen molar-refractivity contribution in [3.8, 4) is 0 Å². The Hall–Kier alpha value is -0.550. The monoisotopic (exact) mass is 284 g/mol. The van der Waals surface area contributed by atoms with E-state index in [1.54, 1.807) is 16.7 Å². The Morgan fingerprint density at radius 2 is 2.05 bits per heavy atom. The fraction of sp³-hybridized carbons (Fsp3) is 0.857. The van der Waals surface area contributed by atoms with Gasteiger partial charge < -0.3 is 5.32 Å². The van der Waals surface area contributed by atoms with Crippen LogP contribution in [0.1, 0.15) is 45.4 Å². The molecule has 19 heavy (non-hydrogen) atoms. The van der Waals surface area contributed by atoms with Gasteiger partial charge in [0.25, 0.3) is 0 Å². The van der Waals surface area contributed by atoms with Crippen LogP contribution in [-0.4, -0.2) is 46.8 Å². The number of nitrogens with zero attached hydrogens (tertiary/aromatic N) is 1. The number of thioether (sulfide) groups is 1. The van der Waals surface area contributed by atoms with E-state index >= 15 is 0 Å². The van der Waals surface area contributed by atoms with Crippen LogP contribution in [0.3, 0.4) is 0 Å². The van der Waals surface area contributed by atoms with Gasteiger partial charge in [0.15, 0.2) is 0 Å². The molecule has 2 atom stereocenters. The second-order valence-electron chi connectivity index (χ2n) is 5.52. The highest BCUT2D eigenvalue weighted by atomic mass is 32.2. The summed E-state index contributed by atoms with van der Waals surface area (Å²) in [6, 6.07) is 0.206. The number of nitrogens with one attached hydrogen (secondary N) is 1. The van der Waals surface area contributed by atoms with E-state index in [2.05, 4.69) is 18.5 Å². The summed E-state index contributed by atoms with van der Waals surface area (Å²) in [5.74, 6) is 1.02. The number of amides is 2. The molecule has 0 spiro atoms. The van der Waals surface area contributed by atoms with Gasteiger partial charge in [-0.3, -0.25) is 14.5 Å². The van der Waals surface area contributed by atoms with Crippen molar-refractivity contribution >= 4 is 23.6 Å². The van der Waals surface area contributed by atoms with Gasteiger partial charge in [0.05, 0.1) is 12.5 Å². The van der Waals surface area contributed by atoms with Crippen LogP contribution in [0.2, 0.25) is 0 Å². The van der Waals surface area contributed by atoms with Crippen molar-refractivity contribution in [1.82, 2.24) is 10.2 Å². The Kier molecular flexibility index (Phi) is 5.28. The second kappa shape index (κ2) is 6.75. The molecule has 2 unspecified atom stereocenters. The molecule has 2 rings (SSSR count). The van der Waals surface area contributed by atoms with E-state index in [0.717, 1.165) is 37.9 Å². The minimum Gasteiger partial charge on any atom is -0.302 e. The molecule has 2 fully saturated rings. The lowest BCUT2D eigenvalue weighted by Crippen LogP contribution is -2.46. The largest absolute Gasteiger partial charge is 0.302 e. The third kappa shape index (κ3) is 3.31. The van der Waals surface area contributed by atoms with E-state index in [1.807, 2.05) is 0 Å². The second-order valence-corrected chi connectivity index (χ2v) is 6.43. The highest BCUT2D eigenvalue weighted by Crippen LogP contribution is 2.28. The van der Waals surface area contributed by atoms with Gasteiger partial charge in [-0.15, -0.1) is 0 Å². The molecule has 0 radical (unpaired) electrons. The van der Waals surface area contributed by atoms with Crippen molar-refractivity contribution in [1.29, 1.82) is 0 Å². The number of hydrogen-bond acceptors (Lipinski definition) is 4. The molecule has 0 bridgehead atoms. The van der Waals surface area contributed by atoms with E-state index in [4.69, 9.17) is 0 Å². The third-order valence-electron chi connectivity index (χ3n) is 4.17. The molecule has 1 N–H and O–H groups in total. The van der Waals surface area contributed by atoms with Crippen LogP contribution in [0.5, 0.6) is 0 Å². The van der Waals surface area contributed by atoms with E-state index in [-0.39, 0.29) is 23.9 Å². The minimum absolute atomic E-state index is 0.0106. The molecular weight excluding hydrogens is 260 g/mol. The topological polar surface area (TPSA) is 49.4 Å². The summed E-state index contributed by atoms with van der Waals surface area (Å²) in [4.78, 5) is 26.0. The first-order valence-electron chi connectivity index (χ1n) is 7.28. The smallest absolute Gasteiger partial charge is 0.247 e. The quantitative estimate of drug-likeness (QED) is 0.756. The van der Waals surface area contributed by atoms with Gasteiger partial charge in [-0.2, -0.15) is 11.8 Å². The Bertz CT molecular complexity index is 342. The Morgan fingerprint density at radius 1 is 1.37 bits per heavy atom. The van der Waals surface area contributed by atoms with Crippen LogP contribution in [-0.2, 0) is 9.59 Å². The first-order valence-corrected chi connectivity index (χ1v) is 8.67. The lowest BCUT2D eigenvalue weighted by atomic mass is 10.2. The van der Waals surface area contributed by atoms with Crippen molar-refractivity contribution < 1.29 is 9.59 Å². The standard InChI is InChI=1S/C14H24N2O2S/c1-3-10(9-19-2)15-12-8-13(17)16(14(12)18)11-6-4-5-7-11/h10-12,15H,3-9H2,1-2H3. The zero-order valence-electron chi connectivity index (χ0n) is 11.9. The minimum atomic E-state index is -0.287. The number of carbonyl (C=O) groups excluding carboxylic acids is 2. The fourth-order valence-corrected chi connectivity index (χ4v) is 3.83. The summed E-state index contributed by atoms with van der Waals surface area (Å²) in [6.07, 6.45) is 7.67. The summed E-state index contributed by atoms with van der Waals surface area (Å²) < 4.78 is 0. The van der Waals surface area contributed by atoms with Crippen molar-refractivity contribution in [3.63, 3.8) is 0 Å². The zero-order chi connectivity index (χ0) is 13.8. The predicted octanol–water partition coefficient (Wildman–Crippen LogP) is 1.79. The summed E-state index contributed by atoms with van der Waals surface area (Å²) in [6.45, 7) is 2.11. The average molecular weight is 284 g/mol. The molecule has 2 amide bonds. The maximum Gasteiger partial charge on any atom is 0.247 e. The zero-order valence-corrected chi connectivity index (χ0v) is 12.7. The molecule has 5 heteroatoms. The molecule has 1 saturated carbocycles. The molecule has 0 aromatic heterocycles. The molecule has 0 aromatic carbocycles. The Labute approximate surface area is 119 Å². The van der Waals surface area contributed by atoms with Gasteiger partial charge in [0.1, 0.15) is 0 Å². The number of hydrogen-bond donors (Lipinski definition) is 1. The molecule has 1 aliphatic heterocycles. The number of carbonyl (C=O) groups is 2. The number of imide groups is 1. The Balaban J connectivity index is 1.96. The molecule has 1 heterocycles. The Morgan fingerprint density at radius 3 is 2.63 bits per heavy atom. The van der Waals surface area contributed by atoms with Crippen molar-refractivity contribution in [2.75, 3.05) is 12.0 Å². The summed E-state index contributed by atoms with van der Waals surface area (Å²) >= 11 is 1.77. The van der Waals surface area contributed by atoms with Crippen molar-refractivity contribution in [3.05, 3.63) is 0 Å². The van der Waals surface area contributed by atoms with Gasteiger partial charge in [-0.05, 0) is 25.5 Å². The molecular formula is C14H24N2O2S. The molecule has 1 saturated heterocycles. The van der Waals surface area contributed by atoms with Gasteiger partial charge in [0, 0.05) is 17.8 Å². The highest BCUT2D eigenvalue weighted by Gasteiger charge is 2.43. The highest BCUT2D eigenvalue weighted by molar-refractivity contribution is 7.98. The predicted molar refractivity (Wildman–Crippen MR) is 78.1 cm³/mol. The maximum atomic E-state index is 12.4. The molecule has 1 aliphatic carbocycles. The van der Waals surface area contributed by atoms with Crippen molar-refractivity contribution in [2.45, 2.75) is 63.6 Å². The lowest BCUT2D eigenvalue weighted by Gasteiger charge is -2.23. The summed E-state index contributed by atoms with van der Waals surface area (Å²) in [5.41, 5.74) is 0. The molecule has 108 valence electrons. The normalized spacial score (nSPS) is 26.4. The average Bonchev–Trinajstić information content (AvgIpc) is 2.98. The van der Waals surface area contributed by atoms with E-state index < -0.39 is 0 Å². The van der Waals surface area contributed by atoms with Crippen LogP contribution in [0.15, 0.2) is 0 Å². The van der Waals surface area contributed by atoms with Crippen LogP contribution in [0.4, 0.5) is 0 Å². The SMILES string of the molecule is CCC(CSC)NC1CC(=O)N(C2CCCC2)C1=O. The summed E-state index contributed by atoms with van der Waals surface area (Å²) in [7, 11) is 0. The number of rotatable bonds is 6. The van der Waals surface area contributed by atoms with E-state index in [1.165, 1.54) is 0 Å². The van der Waals surface area contributed by atoms with Crippen LogP contribution in [0, 0.1) is 0 Å². The van der Waals surface area contributed by atoms with Crippen LogP contribution in [0.25, 0.3) is 0 Å². The molecule has 2 aliphatic rings. The molecule has 4 nitrogen and oxygen atoms in total. The maximum absolute atomic E-state index is 12.4. The lowest BCUT2D eigenvalue weighted by molar-refractivity contribution is -0.141. The van der Waals surface area contributed by atoms with Gasteiger partial charge >= 0.3 is 0 Å². The van der Waals surface area contributed by atoms with Gasteiger partial charge in [-0.25, -0.2) is 0 Å². The third-order valence-corrected chi connectivity index (χ3v) is 4.91. The molecule has 0 aromatic rings. The van der Waals surface area contributed by atoms with E-state index in [9.17, 15) is 9.59 Å². The number of likely N-dealkylation sites (tertiary alicyclic amines) is 1. The van der Waals surface area contributed by atoms with Gasteiger partial charge in [0.2, 0.25) is 11.8 Å². The first-order chi connectivity index (χ1) is 9.17. The van der Waals surface area contributed by atoms with Gasteiger partial charge in [-0.1, -0.05) is 19.8 Å². The van der Waals surface area contributed by atoms with Crippen LogP contribution >= 0.6 is 11.8 Å². The summed E-state index contributed by atoms with van der Waals surface area (Å²) in [5, 5.41) is 3.37. The fourth-order valence-electron chi connectivity index (χ4n) is 3.10. The first kappa shape index (κ1) is 14.9. The van der Waals surface area contributed by atoms with Crippen LogP contribution < -0.4 is 5.32 Å². The van der Waals surface area contributed by atoms with E-state index in [0.29, 0.717) is 12.5 Å². The van der Waals surface area contributed by atoms with Crippen molar-refractivity contribution in [2.24, 2.45) is 0 Å².